The first-order valence-electron chi connectivity index (χ1n) is 4.02. The molecule has 1 rings (SSSR count). The van der Waals surface area contributed by atoms with Gasteiger partial charge in [0.15, 0.2) is 0 Å². The molecule has 1 aromatic heterocycles. The summed E-state index contributed by atoms with van der Waals surface area (Å²) in [5.74, 6) is 2.79. The molecule has 0 saturated heterocycles. The third-order valence-corrected chi connectivity index (χ3v) is 1.90. The van der Waals surface area contributed by atoms with Crippen LogP contribution in [0.15, 0.2) is 15.7 Å². The van der Waals surface area contributed by atoms with E-state index in [2.05, 4.69) is 11.2 Å². The Morgan fingerprint density at radius 3 is 2.64 bits per heavy atom. The van der Waals surface area contributed by atoms with E-state index in [0.717, 1.165) is 4.57 Å². The van der Waals surface area contributed by atoms with Gasteiger partial charge in [0.25, 0.3) is 5.56 Å². The van der Waals surface area contributed by atoms with Crippen LogP contribution in [-0.4, -0.2) is 15.7 Å². The lowest BCUT2D eigenvalue weighted by molar-refractivity contribution is 0.690. The number of hydrogen-bond donors (Lipinski definition) is 1. The quantitative estimate of drug-likeness (QED) is 0.621. The fourth-order valence-electron chi connectivity index (χ4n) is 1.04. The molecular weight excluding hydrogens is 182 g/mol. The normalized spacial score (nSPS) is 9.50. The highest BCUT2D eigenvalue weighted by molar-refractivity contribution is 5.35. The molecule has 0 bridgehead atoms. The van der Waals surface area contributed by atoms with Gasteiger partial charge < -0.3 is 5.32 Å². The molecule has 0 aliphatic carbocycles. The fourth-order valence-corrected chi connectivity index (χ4v) is 1.04. The SMILES string of the molecule is C#CCNc1cc(=O)n(C)c(=O)n1C. The van der Waals surface area contributed by atoms with Crippen LogP contribution in [0, 0.1) is 12.3 Å². The minimum Gasteiger partial charge on any atom is -0.360 e. The highest BCUT2D eigenvalue weighted by Gasteiger charge is 2.03. The minimum absolute atomic E-state index is 0.278. The highest BCUT2D eigenvalue weighted by atomic mass is 16.2. The number of rotatable bonds is 2. The molecule has 0 radical (unpaired) electrons. The van der Waals surface area contributed by atoms with Crippen molar-refractivity contribution in [1.29, 1.82) is 0 Å². The molecule has 0 aliphatic heterocycles. The van der Waals surface area contributed by atoms with Crippen molar-refractivity contribution in [2.45, 2.75) is 0 Å². The van der Waals surface area contributed by atoms with Gasteiger partial charge in [-0.15, -0.1) is 6.42 Å². The Bertz CT molecular complexity index is 490. The summed E-state index contributed by atoms with van der Waals surface area (Å²) in [5.41, 5.74) is -0.732. The van der Waals surface area contributed by atoms with Crippen molar-refractivity contribution in [3.63, 3.8) is 0 Å². The van der Waals surface area contributed by atoms with E-state index in [4.69, 9.17) is 6.42 Å². The van der Waals surface area contributed by atoms with Gasteiger partial charge >= 0.3 is 5.69 Å². The lowest BCUT2D eigenvalue weighted by atomic mass is 10.5. The van der Waals surface area contributed by atoms with Crippen LogP contribution in [-0.2, 0) is 14.1 Å². The van der Waals surface area contributed by atoms with E-state index < -0.39 is 0 Å². The van der Waals surface area contributed by atoms with Crippen LogP contribution in [0.5, 0.6) is 0 Å². The average Bonchev–Trinajstić information content (AvgIpc) is 2.18. The molecule has 5 nitrogen and oxygen atoms in total. The van der Waals surface area contributed by atoms with Crippen LogP contribution < -0.4 is 16.6 Å². The minimum atomic E-state index is -0.378. The van der Waals surface area contributed by atoms with Crippen LogP contribution in [0.1, 0.15) is 0 Å². The van der Waals surface area contributed by atoms with Crippen molar-refractivity contribution in [3.05, 3.63) is 26.9 Å². The monoisotopic (exact) mass is 193 g/mol. The first-order chi connectivity index (χ1) is 6.57. The molecule has 0 aromatic carbocycles. The number of aromatic nitrogens is 2. The summed E-state index contributed by atoms with van der Waals surface area (Å²) in [6.07, 6.45) is 5.05. The Morgan fingerprint density at radius 2 is 2.07 bits per heavy atom. The molecule has 5 heteroatoms. The molecular formula is C9H11N3O2. The first kappa shape index (κ1) is 10.1. The van der Waals surface area contributed by atoms with Crippen molar-refractivity contribution in [2.24, 2.45) is 14.1 Å². The van der Waals surface area contributed by atoms with Crippen LogP contribution in [0.25, 0.3) is 0 Å². The molecule has 0 amide bonds. The summed E-state index contributed by atoms with van der Waals surface area (Å²) in [6, 6.07) is 1.33. The van der Waals surface area contributed by atoms with Crippen molar-refractivity contribution in [1.82, 2.24) is 9.13 Å². The Morgan fingerprint density at radius 1 is 1.43 bits per heavy atom. The second kappa shape index (κ2) is 3.83. The van der Waals surface area contributed by atoms with E-state index in [-0.39, 0.29) is 17.8 Å². The zero-order chi connectivity index (χ0) is 10.7. The number of nitrogens with zero attached hydrogens (tertiary/aromatic N) is 2. The maximum Gasteiger partial charge on any atom is 0.332 e. The standard InChI is InChI=1S/C9H11N3O2/c1-4-5-10-7-6-8(13)12(3)9(14)11(7)2/h1,6,10H,5H2,2-3H3. The Balaban J connectivity index is 3.28. The molecule has 1 N–H and O–H groups in total. The first-order valence-corrected chi connectivity index (χ1v) is 4.02. The number of hydrogen-bond acceptors (Lipinski definition) is 3. The molecule has 0 aliphatic rings. The molecule has 0 fully saturated rings. The van der Waals surface area contributed by atoms with E-state index in [1.807, 2.05) is 0 Å². The molecule has 1 aromatic rings. The summed E-state index contributed by atoms with van der Waals surface area (Å²) in [5, 5.41) is 2.78. The predicted octanol–water partition coefficient (Wildman–Crippen LogP) is -0.871. The number of terminal acetylenes is 1. The molecule has 1 heterocycles. The average molecular weight is 193 g/mol. The van der Waals surface area contributed by atoms with Crippen LogP contribution >= 0.6 is 0 Å². The van der Waals surface area contributed by atoms with Gasteiger partial charge in [-0.1, -0.05) is 5.92 Å². The lowest BCUT2D eigenvalue weighted by Gasteiger charge is -2.09. The summed E-state index contributed by atoms with van der Waals surface area (Å²) >= 11 is 0. The van der Waals surface area contributed by atoms with Crippen molar-refractivity contribution in [2.75, 3.05) is 11.9 Å². The second-order valence-electron chi connectivity index (χ2n) is 2.83. The smallest absolute Gasteiger partial charge is 0.332 e. The Kier molecular flexibility index (Phi) is 2.77. The predicted molar refractivity (Wildman–Crippen MR) is 54.2 cm³/mol. The zero-order valence-electron chi connectivity index (χ0n) is 8.07. The van der Waals surface area contributed by atoms with Gasteiger partial charge in [-0.05, 0) is 0 Å². The Hall–Kier alpha value is -1.96. The molecule has 0 spiro atoms. The second-order valence-corrected chi connectivity index (χ2v) is 2.83. The van der Waals surface area contributed by atoms with Crippen LogP contribution in [0.2, 0.25) is 0 Å². The van der Waals surface area contributed by atoms with Crippen molar-refractivity contribution >= 4 is 5.82 Å². The highest BCUT2D eigenvalue weighted by Crippen LogP contribution is 1.96. The zero-order valence-corrected chi connectivity index (χ0v) is 8.07. The molecule has 0 saturated carbocycles. The van der Waals surface area contributed by atoms with Gasteiger partial charge in [-0.25, -0.2) is 4.79 Å². The summed E-state index contributed by atoms with van der Waals surface area (Å²) in [4.78, 5) is 22.6. The van der Waals surface area contributed by atoms with Gasteiger partial charge in [0.2, 0.25) is 0 Å². The van der Waals surface area contributed by atoms with E-state index in [1.165, 1.54) is 17.7 Å². The number of nitrogens with one attached hydrogen (secondary N) is 1. The summed E-state index contributed by atoms with van der Waals surface area (Å²) < 4.78 is 2.36. The maximum absolute atomic E-state index is 11.4. The summed E-state index contributed by atoms with van der Waals surface area (Å²) in [6.45, 7) is 0.278. The lowest BCUT2D eigenvalue weighted by Crippen LogP contribution is -2.37. The maximum atomic E-state index is 11.4. The van der Waals surface area contributed by atoms with E-state index in [0.29, 0.717) is 5.82 Å². The van der Waals surface area contributed by atoms with Gasteiger partial charge in [-0.2, -0.15) is 0 Å². The van der Waals surface area contributed by atoms with E-state index in [1.54, 1.807) is 7.05 Å². The topological polar surface area (TPSA) is 56.0 Å². The third kappa shape index (κ3) is 1.69. The largest absolute Gasteiger partial charge is 0.360 e. The van der Waals surface area contributed by atoms with Crippen molar-refractivity contribution in [3.8, 4) is 12.3 Å². The third-order valence-electron chi connectivity index (χ3n) is 1.90. The Labute approximate surface area is 81.0 Å². The van der Waals surface area contributed by atoms with Crippen LogP contribution in [0.4, 0.5) is 5.82 Å². The summed E-state index contributed by atoms with van der Waals surface area (Å²) in [7, 11) is 3.00. The molecule has 0 atom stereocenters. The number of anilines is 1. The van der Waals surface area contributed by atoms with Gasteiger partial charge in [-0.3, -0.25) is 13.9 Å². The molecule has 74 valence electrons. The molecule has 0 unspecified atom stereocenters. The van der Waals surface area contributed by atoms with Crippen molar-refractivity contribution < 1.29 is 0 Å². The van der Waals surface area contributed by atoms with E-state index in [9.17, 15) is 9.59 Å². The van der Waals surface area contributed by atoms with E-state index >= 15 is 0 Å². The van der Waals surface area contributed by atoms with Gasteiger partial charge in [0.1, 0.15) is 5.82 Å². The fraction of sp³-hybridized carbons (Fsp3) is 0.333. The molecule has 14 heavy (non-hydrogen) atoms. The van der Waals surface area contributed by atoms with Gasteiger partial charge in [0.05, 0.1) is 6.54 Å². The van der Waals surface area contributed by atoms with Crippen LogP contribution in [0.3, 0.4) is 0 Å². The van der Waals surface area contributed by atoms with Gasteiger partial charge in [0, 0.05) is 20.2 Å².